The van der Waals surface area contributed by atoms with E-state index in [-0.39, 0.29) is 18.8 Å². The third kappa shape index (κ3) is 5.70. The Kier molecular flexibility index (Phi) is 7.81. The molecule has 7 nitrogen and oxygen atoms in total. The van der Waals surface area contributed by atoms with Gasteiger partial charge in [0, 0.05) is 10.0 Å². The summed E-state index contributed by atoms with van der Waals surface area (Å²) in [6.45, 7) is 2.49. The fourth-order valence-electron chi connectivity index (χ4n) is 3.32. The largest absolute Gasteiger partial charge is 0.490 e. The first-order valence-electron chi connectivity index (χ1n) is 10.9. The zero-order valence-electron chi connectivity index (χ0n) is 19.0. The average Bonchev–Trinajstić information content (AvgIpc) is 2.88. The maximum atomic E-state index is 13.3. The summed E-state index contributed by atoms with van der Waals surface area (Å²) < 4.78 is 19.1. The van der Waals surface area contributed by atoms with E-state index in [4.69, 9.17) is 20.6 Å². The molecule has 0 aliphatic heterocycles. The molecule has 0 aliphatic carbocycles. The van der Waals surface area contributed by atoms with Crippen molar-refractivity contribution in [2.75, 3.05) is 13.2 Å². The van der Waals surface area contributed by atoms with E-state index < -0.39 is 0 Å². The number of benzene rings is 3. The molecule has 0 saturated heterocycles. The lowest BCUT2D eigenvalue weighted by Gasteiger charge is -2.13. The van der Waals surface area contributed by atoms with Gasteiger partial charge in [-0.15, -0.1) is 6.42 Å². The van der Waals surface area contributed by atoms with Gasteiger partial charge in [0.15, 0.2) is 17.3 Å². The zero-order chi connectivity index (χ0) is 24.6. The van der Waals surface area contributed by atoms with Crippen LogP contribution in [0, 0.1) is 12.3 Å². The molecule has 8 heteroatoms. The van der Waals surface area contributed by atoms with Crippen LogP contribution in [-0.2, 0) is 6.61 Å². The van der Waals surface area contributed by atoms with Crippen molar-refractivity contribution >= 4 is 33.0 Å². The average molecular weight is 532 g/mol. The van der Waals surface area contributed by atoms with Crippen LogP contribution in [0.4, 0.5) is 0 Å². The highest BCUT2D eigenvalue weighted by Crippen LogP contribution is 2.33. The number of hydrogen-bond acceptors (Lipinski definition) is 6. The summed E-state index contributed by atoms with van der Waals surface area (Å²) in [5.41, 5.74) is 0.954. The van der Waals surface area contributed by atoms with Gasteiger partial charge in [-0.3, -0.25) is 4.79 Å². The summed E-state index contributed by atoms with van der Waals surface area (Å²) in [6.07, 6.45) is 6.87. The number of fused-ring (bicyclic) bond motifs is 1. The molecule has 0 saturated carbocycles. The number of para-hydroxylation sites is 2. The lowest BCUT2D eigenvalue weighted by atomic mass is 10.2. The van der Waals surface area contributed by atoms with Crippen LogP contribution < -0.4 is 19.8 Å². The molecule has 3 aromatic carbocycles. The summed E-state index contributed by atoms with van der Waals surface area (Å²) in [7, 11) is 0. The van der Waals surface area contributed by atoms with Crippen LogP contribution in [0.15, 0.2) is 81.1 Å². The summed E-state index contributed by atoms with van der Waals surface area (Å²) >= 11 is 3.53. The number of halogens is 1. The maximum absolute atomic E-state index is 13.3. The highest BCUT2D eigenvalue weighted by molar-refractivity contribution is 9.10. The molecule has 0 unspecified atom stereocenters. The van der Waals surface area contributed by atoms with Crippen LogP contribution in [0.3, 0.4) is 0 Å². The molecule has 4 aromatic rings. The van der Waals surface area contributed by atoms with Crippen molar-refractivity contribution < 1.29 is 14.2 Å². The SMILES string of the molecule is C#CCOc1cc(Br)c(C=Nn2c(COc3ccccc3)nc3ccccc3c2=O)cc1OCC. The van der Waals surface area contributed by atoms with Crippen molar-refractivity contribution in [1.82, 2.24) is 9.66 Å². The van der Waals surface area contributed by atoms with Gasteiger partial charge in [0.05, 0.1) is 23.7 Å². The molecule has 35 heavy (non-hydrogen) atoms. The van der Waals surface area contributed by atoms with Gasteiger partial charge >= 0.3 is 0 Å². The fourth-order valence-corrected chi connectivity index (χ4v) is 3.74. The minimum absolute atomic E-state index is 0.0612. The minimum Gasteiger partial charge on any atom is -0.490 e. The normalized spacial score (nSPS) is 10.9. The zero-order valence-corrected chi connectivity index (χ0v) is 20.6. The third-order valence-electron chi connectivity index (χ3n) is 4.92. The standard InChI is InChI=1S/C27H22BrN3O4/c1-3-14-34-25-16-22(28)19(15-24(25)33-4-2)17-29-31-26(18-35-20-10-6-5-7-11-20)30-23-13-9-8-12-21(23)27(31)32/h1,5-13,15-17H,4,14,18H2,2H3. The molecule has 0 amide bonds. The molecule has 0 fully saturated rings. The van der Waals surface area contributed by atoms with Crippen LogP contribution in [0.1, 0.15) is 18.3 Å². The van der Waals surface area contributed by atoms with E-state index >= 15 is 0 Å². The summed E-state index contributed by atoms with van der Waals surface area (Å²) in [6, 6.07) is 20.0. The van der Waals surface area contributed by atoms with Crippen molar-refractivity contribution in [2.24, 2.45) is 5.10 Å². The predicted octanol–water partition coefficient (Wildman–Crippen LogP) is 5.03. The molecular formula is C27H22BrN3O4. The van der Waals surface area contributed by atoms with Gasteiger partial charge in [0.25, 0.3) is 5.56 Å². The number of hydrogen-bond donors (Lipinski definition) is 0. The van der Waals surface area contributed by atoms with Gasteiger partial charge in [-0.1, -0.05) is 36.3 Å². The van der Waals surface area contributed by atoms with E-state index in [9.17, 15) is 4.79 Å². The Morgan fingerprint density at radius 1 is 1.06 bits per heavy atom. The molecule has 4 rings (SSSR count). The minimum atomic E-state index is -0.298. The Hall–Kier alpha value is -4.09. The topological polar surface area (TPSA) is 74.9 Å². The quantitative estimate of drug-likeness (QED) is 0.223. The smallest absolute Gasteiger partial charge is 0.282 e. The number of terminal acetylenes is 1. The molecule has 0 N–H and O–H groups in total. The fraction of sp³-hybridized carbons (Fsp3) is 0.148. The van der Waals surface area contributed by atoms with E-state index in [1.54, 1.807) is 36.5 Å². The first-order chi connectivity index (χ1) is 17.1. The molecule has 0 bridgehead atoms. The Balaban J connectivity index is 1.74. The molecule has 1 heterocycles. The van der Waals surface area contributed by atoms with Crippen molar-refractivity contribution in [3.63, 3.8) is 0 Å². The number of aromatic nitrogens is 2. The Labute approximate surface area is 211 Å². The second kappa shape index (κ2) is 11.4. The molecule has 0 spiro atoms. The molecule has 0 radical (unpaired) electrons. The van der Waals surface area contributed by atoms with E-state index in [2.05, 4.69) is 31.9 Å². The molecule has 176 valence electrons. The van der Waals surface area contributed by atoms with Crippen LogP contribution in [0.2, 0.25) is 0 Å². The molecule has 0 atom stereocenters. The van der Waals surface area contributed by atoms with E-state index in [0.29, 0.717) is 50.6 Å². The lowest BCUT2D eigenvalue weighted by molar-refractivity contribution is 0.289. The second-order valence-electron chi connectivity index (χ2n) is 7.25. The highest BCUT2D eigenvalue weighted by atomic mass is 79.9. The monoisotopic (exact) mass is 531 g/mol. The molecule has 1 aromatic heterocycles. The molecule has 0 aliphatic rings. The van der Waals surface area contributed by atoms with E-state index in [1.807, 2.05) is 43.3 Å². The Bertz CT molecular complexity index is 1460. The van der Waals surface area contributed by atoms with Crippen LogP contribution >= 0.6 is 15.9 Å². The predicted molar refractivity (Wildman–Crippen MR) is 139 cm³/mol. The van der Waals surface area contributed by atoms with Gasteiger partial charge in [-0.2, -0.15) is 9.78 Å². The van der Waals surface area contributed by atoms with E-state index in [0.717, 1.165) is 0 Å². The Morgan fingerprint density at radius 2 is 1.80 bits per heavy atom. The summed E-state index contributed by atoms with van der Waals surface area (Å²) in [5.74, 6) is 4.50. The van der Waals surface area contributed by atoms with Crippen LogP contribution in [0.25, 0.3) is 10.9 Å². The first-order valence-corrected chi connectivity index (χ1v) is 11.7. The maximum Gasteiger partial charge on any atom is 0.282 e. The summed E-state index contributed by atoms with van der Waals surface area (Å²) in [5, 5.41) is 4.93. The number of nitrogens with zero attached hydrogens (tertiary/aromatic N) is 3. The first kappa shape index (κ1) is 24.0. The third-order valence-corrected chi connectivity index (χ3v) is 5.60. The van der Waals surface area contributed by atoms with E-state index in [1.165, 1.54) is 4.68 Å². The Morgan fingerprint density at radius 3 is 2.57 bits per heavy atom. The van der Waals surface area contributed by atoms with Crippen LogP contribution in [0.5, 0.6) is 17.2 Å². The van der Waals surface area contributed by atoms with Gasteiger partial charge in [0.2, 0.25) is 0 Å². The van der Waals surface area contributed by atoms with Crippen LogP contribution in [-0.4, -0.2) is 29.1 Å². The molecular weight excluding hydrogens is 510 g/mol. The second-order valence-corrected chi connectivity index (χ2v) is 8.11. The highest BCUT2D eigenvalue weighted by Gasteiger charge is 2.13. The summed E-state index contributed by atoms with van der Waals surface area (Å²) in [4.78, 5) is 17.9. The number of rotatable bonds is 9. The van der Waals surface area contributed by atoms with Crippen molar-refractivity contribution in [1.29, 1.82) is 0 Å². The van der Waals surface area contributed by atoms with Crippen molar-refractivity contribution in [3.05, 3.63) is 92.9 Å². The van der Waals surface area contributed by atoms with Gasteiger partial charge in [0.1, 0.15) is 19.0 Å². The lowest BCUT2D eigenvalue weighted by Crippen LogP contribution is -2.23. The van der Waals surface area contributed by atoms with Crippen molar-refractivity contribution in [3.8, 4) is 29.6 Å². The van der Waals surface area contributed by atoms with Gasteiger partial charge in [-0.05, 0) is 59.3 Å². The van der Waals surface area contributed by atoms with Gasteiger partial charge in [-0.25, -0.2) is 4.98 Å². The van der Waals surface area contributed by atoms with Crippen molar-refractivity contribution in [2.45, 2.75) is 13.5 Å². The van der Waals surface area contributed by atoms with Gasteiger partial charge < -0.3 is 14.2 Å². The number of ether oxygens (including phenoxy) is 3.